The van der Waals surface area contributed by atoms with Gasteiger partial charge in [0.15, 0.2) is 0 Å². The third kappa shape index (κ3) is 3.16. The third-order valence-electron chi connectivity index (χ3n) is 3.09. The molecule has 1 unspecified atom stereocenters. The largest absolute Gasteiger partial charge is 0.324 e. The summed E-state index contributed by atoms with van der Waals surface area (Å²) in [6.07, 6.45) is 0.411. The van der Waals surface area contributed by atoms with Crippen molar-refractivity contribution < 1.29 is 4.39 Å². The van der Waals surface area contributed by atoms with E-state index in [9.17, 15) is 4.39 Å². The second-order valence-corrected chi connectivity index (χ2v) is 5.70. The minimum atomic E-state index is -0.386. The maximum absolute atomic E-state index is 13.9. The van der Waals surface area contributed by atoms with Crippen LogP contribution in [-0.2, 0) is 6.42 Å². The zero-order valence-corrected chi connectivity index (χ0v) is 12.8. The number of aryl methyl sites for hydroxylation is 1. The van der Waals surface area contributed by atoms with Gasteiger partial charge < -0.3 is 5.73 Å². The molecule has 0 radical (unpaired) electrons. The monoisotopic (exact) mass is 341 g/mol. The van der Waals surface area contributed by atoms with Gasteiger partial charge >= 0.3 is 0 Å². The lowest BCUT2D eigenvalue weighted by molar-refractivity contribution is 0.593. The number of hydrogen-bond donors (Lipinski definition) is 1. The van der Waals surface area contributed by atoms with Crippen LogP contribution in [0.1, 0.15) is 22.7 Å². The van der Waals surface area contributed by atoms with Crippen molar-refractivity contribution >= 4 is 27.5 Å². The van der Waals surface area contributed by atoms with Gasteiger partial charge in [0.2, 0.25) is 0 Å². The van der Waals surface area contributed by atoms with Crippen LogP contribution >= 0.6 is 27.5 Å². The van der Waals surface area contributed by atoms with Crippen LogP contribution in [-0.4, -0.2) is 0 Å². The van der Waals surface area contributed by atoms with Crippen LogP contribution in [0.2, 0.25) is 5.02 Å². The molecule has 1 atom stereocenters. The molecule has 19 heavy (non-hydrogen) atoms. The van der Waals surface area contributed by atoms with Gasteiger partial charge in [0.25, 0.3) is 0 Å². The first-order valence-corrected chi connectivity index (χ1v) is 7.11. The van der Waals surface area contributed by atoms with Gasteiger partial charge in [0.05, 0.1) is 5.02 Å². The highest BCUT2D eigenvalue weighted by Gasteiger charge is 2.15. The molecule has 2 aromatic rings. The summed E-state index contributed by atoms with van der Waals surface area (Å²) in [5.41, 5.74) is 8.79. The Morgan fingerprint density at radius 1 is 1.26 bits per heavy atom. The van der Waals surface area contributed by atoms with Crippen LogP contribution in [0.15, 0.2) is 40.9 Å². The van der Waals surface area contributed by atoms with E-state index in [2.05, 4.69) is 15.9 Å². The maximum Gasteiger partial charge on any atom is 0.145 e. The fourth-order valence-electron chi connectivity index (χ4n) is 2.01. The van der Waals surface area contributed by atoms with E-state index < -0.39 is 0 Å². The van der Waals surface area contributed by atoms with Gasteiger partial charge in [0, 0.05) is 10.5 Å². The first-order chi connectivity index (χ1) is 9.00. The van der Waals surface area contributed by atoms with Crippen molar-refractivity contribution in [2.75, 3.05) is 0 Å². The third-order valence-corrected chi connectivity index (χ3v) is 4.47. The number of hydrogen-bond acceptors (Lipinski definition) is 1. The summed E-state index contributed by atoms with van der Waals surface area (Å²) >= 11 is 9.30. The molecule has 0 saturated carbocycles. The van der Waals surface area contributed by atoms with Gasteiger partial charge in [0.1, 0.15) is 5.82 Å². The highest BCUT2D eigenvalue weighted by Crippen LogP contribution is 2.29. The minimum absolute atomic E-state index is 0.132. The standard InChI is InChI=1S/C15H14BrClFN/c1-9-4-2-6-11(14(9)16)13(19)8-10-5-3-7-12(17)15(10)18/h2-7,13H,8,19H2,1H3. The first kappa shape index (κ1) is 14.5. The van der Waals surface area contributed by atoms with Crippen molar-refractivity contribution in [3.8, 4) is 0 Å². The van der Waals surface area contributed by atoms with E-state index in [0.717, 1.165) is 15.6 Å². The van der Waals surface area contributed by atoms with E-state index in [1.807, 2.05) is 25.1 Å². The number of nitrogens with two attached hydrogens (primary N) is 1. The summed E-state index contributed by atoms with van der Waals surface area (Å²) in [5.74, 6) is -0.386. The molecule has 1 nitrogen and oxygen atoms in total. The second kappa shape index (κ2) is 6.04. The SMILES string of the molecule is Cc1cccc(C(N)Cc2cccc(Cl)c2F)c1Br. The molecule has 0 spiro atoms. The minimum Gasteiger partial charge on any atom is -0.324 e. The molecule has 0 aromatic heterocycles. The van der Waals surface area contributed by atoms with E-state index in [1.54, 1.807) is 12.1 Å². The molecule has 0 aliphatic carbocycles. The Morgan fingerprint density at radius 3 is 2.68 bits per heavy atom. The van der Waals surface area contributed by atoms with Crippen molar-refractivity contribution in [3.05, 3.63) is 68.4 Å². The van der Waals surface area contributed by atoms with E-state index in [0.29, 0.717) is 12.0 Å². The Hall–Kier alpha value is -0.900. The first-order valence-electron chi connectivity index (χ1n) is 5.94. The molecule has 2 rings (SSSR count). The Labute approximate surface area is 125 Å². The molecule has 0 heterocycles. The summed E-state index contributed by atoms with van der Waals surface area (Å²) in [6.45, 7) is 2.00. The van der Waals surface area contributed by atoms with Crippen LogP contribution in [0.25, 0.3) is 0 Å². The van der Waals surface area contributed by atoms with Crippen molar-refractivity contribution in [2.45, 2.75) is 19.4 Å². The molecule has 0 bridgehead atoms. The van der Waals surface area contributed by atoms with Gasteiger partial charge in [-0.1, -0.05) is 57.9 Å². The van der Waals surface area contributed by atoms with Crippen LogP contribution in [0.5, 0.6) is 0 Å². The van der Waals surface area contributed by atoms with Crippen LogP contribution in [0.4, 0.5) is 4.39 Å². The lowest BCUT2D eigenvalue weighted by atomic mass is 9.98. The fraction of sp³-hybridized carbons (Fsp3) is 0.200. The number of benzene rings is 2. The van der Waals surface area contributed by atoms with E-state index >= 15 is 0 Å². The van der Waals surface area contributed by atoms with Gasteiger partial charge in [-0.2, -0.15) is 0 Å². The number of halogens is 3. The lowest BCUT2D eigenvalue weighted by Gasteiger charge is -2.16. The van der Waals surface area contributed by atoms with E-state index in [4.69, 9.17) is 17.3 Å². The molecular weight excluding hydrogens is 329 g/mol. The molecular formula is C15H14BrClFN. The maximum atomic E-state index is 13.9. The molecule has 0 aliphatic rings. The summed E-state index contributed by atoms with van der Waals surface area (Å²) in [5, 5.41) is 0.132. The van der Waals surface area contributed by atoms with Crippen molar-refractivity contribution in [2.24, 2.45) is 5.73 Å². The Balaban J connectivity index is 2.28. The van der Waals surface area contributed by atoms with Crippen LogP contribution < -0.4 is 5.73 Å². The Kier molecular flexibility index (Phi) is 4.61. The number of rotatable bonds is 3. The van der Waals surface area contributed by atoms with Crippen molar-refractivity contribution in [1.82, 2.24) is 0 Å². The summed E-state index contributed by atoms with van der Waals surface area (Å²) < 4.78 is 14.8. The predicted octanol–water partition coefficient (Wildman–Crippen LogP) is 4.79. The van der Waals surface area contributed by atoms with Crippen molar-refractivity contribution in [3.63, 3.8) is 0 Å². The smallest absolute Gasteiger partial charge is 0.145 e. The Morgan fingerprint density at radius 2 is 1.95 bits per heavy atom. The molecule has 0 fully saturated rings. The average molecular weight is 343 g/mol. The normalized spacial score (nSPS) is 12.5. The quantitative estimate of drug-likeness (QED) is 0.852. The molecule has 2 N–H and O–H groups in total. The summed E-state index contributed by atoms with van der Waals surface area (Å²) in [7, 11) is 0. The van der Waals surface area contributed by atoms with Gasteiger partial charge in [-0.25, -0.2) is 4.39 Å². The van der Waals surface area contributed by atoms with Gasteiger partial charge in [-0.05, 0) is 36.1 Å². The van der Waals surface area contributed by atoms with Gasteiger partial charge in [-0.3, -0.25) is 0 Å². The fourth-order valence-corrected chi connectivity index (χ4v) is 2.76. The molecule has 0 amide bonds. The van der Waals surface area contributed by atoms with Crippen LogP contribution in [0.3, 0.4) is 0 Å². The van der Waals surface area contributed by atoms with E-state index in [1.165, 1.54) is 6.07 Å². The molecule has 0 aliphatic heterocycles. The molecule has 0 saturated heterocycles. The molecule has 2 aromatic carbocycles. The summed E-state index contributed by atoms with van der Waals surface area (Å²) in [6, 6.07) is 10.6. The second-order valence-electron chi connectivity index (χ2n) is 4.50. The highest BCUT2D eigenvalue weighted by molar-refractivity contribution is 9.10. The zero-order chi connectivity index (χ0) is 14.0. The van der Waals surface area contributed by atoms with Crippen LogP contribution in [0, 0.1) is 12.7 Å². The lowest BCUT2D eigenvalue weighted by Crippen LogP contribution is -2.15. The highest BCUT2D eigenvalue weighted by atomic mass is 79.9. The average Bonchev–Trinajstić information content (AvgIpc) is 2.38. The van der Waals surface area contributed by atoms with Gasteiger partial charge in [-0.15, -0.1) is 0 Å². The Bertz CT molecular complexity index is 601. The molecule has 4 heteroatoms. The zero-order valence-electron chi connectivity index (χ0n) is 10.5. The summed E-state index contributed by atoms with van der Waals surface area (Å²) in [4.78, 5) is 0. The van der Waals surface area contributed by atoms with Crippen molar-refractivity contribution in [1.29, 1.82) is 0 Å². The van der Waals surface area contributed by atoms with E-state index in [-0.39, 0.29) is 16.9 Å². The molecule has 100 valence electrons. The predicted molar refractivity (Wildman–Crippen MR) is 80.9 cm³/mol. The topological polar surface area (TPSA) is 26.0 Å².